The van der Waals surface area contributed by atoms with E-state index in [4.69, 9.17) is 0 Å². The van der Waals surface area contributed by atoms with Crippen molar-refractivity contribution in [1.29, 1.82) is 0 Å². The van der Waals surface area contributed by atoms with Crippen LogP contribution in [0.3, 0.4) is 0 Å². The smallest absolute Gasteiger partial charge is 0.252 e. The van der Waals surface area contributed by atoms with Crippen LogP contribution in [0.15, 0.2) is 53.8 Å². The molecule has 6 nitrogen and oxygen atoms in total. The lowest BCUT2D eigenvalue weighted by Gasteiger charge is -2.22. The van der Waals surface area contributed by atoms with Crippen LogP contribution in [0.2, 0.25) is 0 Å². The lowest BCUT2D eigenvalue weighted by Crippen LogP contribution is -2.42. The summed E-state index contributed by atoms with van der Waals surface area (Å²) in [5.41, 5.74) is 1.51. The van der Waals surface area contributed by atoms with Gasteiger partial charge in [0, 0.05) is 46.1 Å². The van der Waals surface area contributed by atoms with Gasteiger partial charge in [-0.3, -0.25) is 14.8 Å². The third kappa shape index (κ3) is 5.87. The highest BCUT2D eigenvalue weighted by Crippen LogP contribution is 2.05. The molecular weight excluding hydrogens is 321 g/mol. The van der Waals surface area contributed by atoms with Crippen LogP contribution in [-0.2, 0) is 6.54 Å². The lowest BCUT2D eigenvalue weighted by molar-refractivity contribution is 0.0954. The standard InChI is InChI=1S/C18H22FN5O/c1-20-18(24(2)13-14-5-7-16(19)8-6-14)23-11-10-22-17(25)15-4-3-9-21-12-15/h3-9,12H,10-11,13H2,1-2H3,(H,20,23)(H,22,25). The molecule has 0 unspecified atom stereocenters. The predicted molar refractivity (Wildman–Crippen MR) is 95.8 cm³/mol. The van der Waals surface area contributed by atoms with Crippen LogP contribution in [0, 0.1) is 5.82 Å². The molecule has 2 aromatic rings. The van der Waals surface area contributed by atoms with Gasteiger partial charge in [-0.2, -0.15) is 0 Å². The van der Waals surface area contributed by atoms with E-state index in [1.165, 1.54) is 18.3 Å². The van der Waals surface area contributed by atoms with Gasteiger partial charge in [-0.15, -0.1) is 0 Å². The highest BCUT2D eigenvalue weighted by atomic mass is 19.1. The van der Waals surface area contributed by atoms with E-state index in [9.17, 15) is 9.18 Å². The summed E-state index contributed by atoms with van der Waals surface area (Å²) in [4.78, 5) is 22.0. The Balaban J connectivity index is 1.76. The van der Waals surface area contributed by atoms with Crippen LogP contribution in [0.1, 0.15) is 15.9 Å². The summed E-state index contributed by atoms with van der Waals surface area (Å²) in [5.74, 6) is 0.280. The van der Waals surface area contributed by atoms with E-state index < -0.39 is 0 Å². The molecule has 0 saturated heterocycles. The SMILES string of the molecule is CN=C(NCCNC(=O)c1cccnc1)N(C)Cc1ccc(F)cc1. The van der Waals surface area contributed by atoms with Crippen molar-refractivity contribution in [3.05, 3.63) is 65.7 Å². The molecule has 1 aromatic carbocycles. The maximum atomic E-state index is 13.0. The van der Waals surface area contributed by atoms with Crippen molar-refractivity contribution in [1.82, 2.24) is 20.5 Å². The van der Waals surface area contributed by atoms with Crippen molar-refractivity contribution >= 4 is 11.9 Å². The van der Waals surface area contributed by atoms with E-state index in [0.717, 1.165) is 5.56 Å². The normalized spacial score (nSPS) is 11.1. The monoisotopic (exact) mass is 343 g/mol. The van der Waals surface area contributed by atoms with Gasteiger partial charge in [0.1, 0.15) is 5.82 Å². The summed E-state index contributed by atoms with van der Waals surface area (Å²) in [5, 5.41) is 6.00. The zero-order valence-electron chi connectivity index (χ0n) is 14.4. The minimum Gasteiger partial charge on any atom is -0.354 e. The maximum absolute atomic E-state index is 13.0. The van der Waals surface area contributed by atoms with E-state index in [1.54, 1.807) is 37.5 Å². The number of halogens is 1. The number of carbonyl (C=O) groups excluding carboxylic acids is 1. The second kappa shape index (κ2) is 9.36. The first-order valence-electron chi connectivity index (χ1n) is 7.94. The summed E-state index contributed by atoms with van der Waals surface area (Å²) in [6.45, 7) is 1.59. The van der Waals surface area contributed by atoms with Crippen LogP contribution in [0.4, 0.5) is 4.39 Å². The highest BCUT2D eigenvalue weighted by Gasteiger charge is 2.07. The van der Waals surface area contributed by atoms with E-state index >= 15 is 0 Å². The van der Waals surface area contributed by atoms with E-state index in [-0.39, 0.29) is 11.7 Å². The molecule has 0 fully saturated rings. The maximum Gasteiger partial charge on any atom is 0.252 e. The highest BCUT2D eigenvalue weighted by molar-refractivity contribution is 5.93. The molecule has 25 heavy (non-hydrogen) atoms. The van der Waals surface area contributed by atoms with Crippen LogP contribution in [0.25, 0.3) is 0 Å². The number of hydrogen-bond donors (Lipinski definition) is 2. The first-order valence-corrected chi connectivity index (χ1v) is 7.94. The summed E-state index contributed by atoms with van der Waals surface area (Å²) in [6.07, 6.45) is 3.15. The number of carbonyl (C=O) groups is 1. The van der Waals surface area contributed by atoms with E-state index in [2.05, 4.69) is 20.6 Å². The van der Waals surface area contributed by atoms with Gasteiger partial charge in [0.2, 0.25) is 0 Å². The summed E-state index contributed by atoms with van der Waals surface area (Å²) in [7, 11) is 3.59. The number of hydrogen-bond acceptors (Lipinski definition) is 3. The summed E-state index contributed by atoms with van der Waals surface area (Å²) >= 11 is 0. The van der Waals surface area contributed by atoms with Gasteiger partial charge in [0.15, 0.2) is 5.96 Å². The molecule has 1 heterocycles. The van der Waals surface area contributed by atoms with Crippen LogP contribution in [-0.4, -0.2) is 48.9 Å². The molecule has 0 bridgehead atoms. The molecule has 0 aliphatic heterocycles. The molecule has 2 rings (SSSR count). The number of aliphatic imine (C=N–C) groups is 1. The van der Waals surface area contributed by atoms with Crippen molar-refractivity contribution in [3.8, 4) is 0 Å². The molecule has 1 amide bonds. The number of nitrogens with one attached hydrogen (secondary N) is 2. The van der Waals surface area contributed by atoms with Crippen molar-refractivity contribution in [2.24, 2.45) is 4.99 Å². The average molecular weight is 343 g/mol. The van der Waals surface area contributed by atoms with E-state index in [0.29, 0.717) is 31.2 Å². The second-order valence-corrected chi connectivity index (χ2v) is 5.45. The number of pyridine rings is 1. The van der Waals surface area contributed by atoms with Crippen molar-refractivity contribution in [2.45, 2.75) is 6.54 Å². The van der Waals surface area contributed by atoms with E-state index in [1.807, 2.05) is 11.9 Å². The quantitative estimate of drug-likeness (QED) is 0.475. The molecule has 0 spiro atoms. The van der Waals surface area contributed by atoms with Gasteiger partial charge in [0.05, 0.1) is 5.56 Å². The molecule has 0 aliphatic carbocycles. The second-order valence-electron chi connectivity index (χ2n) is 5.45. The number of rotatable bonds is 6. The van der Waals surface area contributed by atoms with Crippen LogP contribution < -0.4 is 10.6 Å². The molecule has 0 aliphatic rings. The van der Waals surface area contributed by atoms with Gasteiger partial charge < -0.3 is 15.5 Å². The topological polar surface area (TPSA) is 69.6 Å². The number of aromatic nitrogens is 1. The minimum absolute atomic E-state index is 0.162. The molecule has 0 atom stereocenters. The molecule has 132 valence electrons. The fourth-order valence-corrected chi connectivity index (χ4v) is 2.27. The van der Waals surface area contributed by atoms with Gasteiger partial charge in [0.25, 0.3) is 5.91 Å². The molecule has 1 aromatic heterocycles. The third-order valence-corrected chi connectivity index (χ3v) is 3.52. The first kappa shape index (κ1) is 18.4. The Labute approximate surface area is 146 Å². The molecule has 0 radical (unpaired) electrons. The Bertz CT molecular complexity index is 703. The largest absolute Gasteiger partial charge is 0.354 e. The Kier molecular flexibility index (Phi) is 6.88. The fraction of sp³-hybridized carbons (Fsp3) is 0.278. The molecule has 2 N–H and O–H groups in total. The predicted octanol–water partition coefficient (Wildman–Crippen LogP) is 1.66. The van der Waals surface area contributed by atoms with Gasteiger partial charge in [-0.1, -0.05) is 12.1 Å². The van der Waals surface area contributed by atoms with Gasteiger partial charge in [-0.05, 0) is 29.8 Å². The van der Waals surface area contributed by atoms with Crippen molar-refractivity contribution in [3.63, 3.8) is 0 Å². The number of nitrogens with zero attached hydrogens (tertiary/aromatic N) is 3. The van der Waals surface area contributed by atoms with Crippen molar-refractivity contribution < 1.29 is 9.18 Å². The first-order chi connectivity index (χ1) is 12.1. The third-order valence-electron chi connectivity index (χ3n) is 3.52. The van der Waals surface area contributed by atoms with Crippen LogP contribution >= 0.6 is 0 Å². The summed E-state index contributed by atoms with van der Waals surface area (Å²) < 4.78 is 13.0. The molecule has 7 heteroatoms. The molecule has 0 saturated carbocycles. The van der Waals surface area contributed by atoms with Crippen molar-refractivity contribution in [2.75, 3.05) is 27.2 Å². The zero-order chi connectivity index (χ0) is 18.1. The fourth-order valence-electron chi connectivity index (χ4n) is 2.27. The van der Waals surface area contributed by atoms with Gasteiger partial charge >= 0.3 is 0 Å². The minimum atomic E-state index is -0.252. The lowest BCUT2D eigenvalue weighted by atomic mass is 10.2. The Morgan fingerprint density at radius 3 is 2.56 bits per heavy atom. The Morgan fingerprint density at radius 1 is 1.20 bits per heavy atom. The number of guanidine groups is 1. The van der Waals surface area contributed by atoms with Gasteiger partial charge in [-0.25, -0.2) is 4.39 Å². The Morgan fingerprint density at radius 2 is 1.92 bits per heavy atom. The number of amides is 1. The molecular formula is C18H22FN5O. The van der Waals surface area contributed by atoms with Crippen LogP contribution in [0.5, 0.6) is 0 Å². The summed E-state index contributed by atoms with van der Waals surface area (Å²) in [6, 6.07) is 9.80. The Hall–Kier alpha value is -2.96. The average Bonchev–Trinajstić information content (AvgIpc) is 2.64. The zero-order valence-corrected chi connectivity index (χ0v) is 14.4. The number of benzene rings is 1.